The van der Waals surface area contributed by atoms with Gasteiger partial charge in [-0.3, -0.25) is 0 Å². The van der Waals surface area contributed by atoms with Crippen LogP contribution in [0.25, 0.3) is 5.57 Å². The smallest absolute Gasteiger partial charge is 0.281 e. The molecule has 0 amide bonds. The van der Waals surface area contributed by atoms with Gasteiger partial charge in [-0.2, -0.15) is 4.37 Å². The zero-order valence-electron chi connectivity index (χ0n) is 15.9. The molecular formula is C17H31F2N3O2S. The van der Waals surface area contributed by atoms with Crippen LogP contribution in [0.15, 0.2) is 6.08 Å². The van der Waals surface area contributed by atoms with Gasteiger partial charge in [-0.25, -0.2) is 8.78 Å². The van der Waals surface area contributed by atoms with Crippen molar-refractivity contribution in [2.75, 3.05) is 33.9 Å². The second kappa shape index (κ2) is 13.1. The lowest BCUT2D eigenvalue weighted by molar-refractivity contribution is -0.0501. The minimum Gasteiger partial charge on any atom is -0.469 e. The van der Waals surface area contributed by atoms with Crippen LogP contribution in [0.5, 0.6) is 5.88 Å². The predicted molar refractivity (Wildman–Crippen MR) is 99.5 cm³/mol. The Kier molecular flexibility index (Phi) is 12.5. The molecule has 25 heavy (non-hydrogen) atoms. The van der Waals surface area contributed by atoms with Crippen molar-refractivity contribution in [1.29, 1.82) is 0 Å². The second-order valence-electron chi connectivity index (χ2n) is 5.42. The van der Waals surface area contributed by atoms with Gasteiger partial charge in [0, 0.05) is 26.6 Å². The maximum absolute atomic E-state index is 13.6. The van der Waals surface area contributed by atoms with Gasteiger partial charge in [-0.15, -0.1) is 4.37 Å². The molecule has 0 atom stereocenters. The van der Waals surface area contributed by atoms with Crippen LogP contribution >= 0.6 is 11.7 Å². The largest absolute Gasteiger partial charge is 0.469 e. The molecule has 0 aliphatic carbocycles. The van der Waals surface area contributed by atoms with Crippen molar-refractivity contribution >= 4 is 17.3 Å². The van der Waals surface area contributed by atoms with Crippen LogP contribution in [0, 0.1) is 0 Å². The average molecular weight is 380 g/mol. The summed E-state index contributed by atoms with van der Waals surface area (Å²) in [6.45, 7) is 7.00. The molecule has 1 aliphatic rings. The maximum atomic E-state index is 13.6. The molecule has 1 aromatic rings. The molecule has 5 nitrogen and oxygen atoms in total. The lowest BCUT2D eigenvalue weighted by Crippen LogP contribution is -2.27. The summed E-state index contributed by atoms with van der Waals surface area (Å²) in [6.07, 6.45) is 4.10. The Bertz CT molecular complexity index is 496. The third-order valence-corrected chi connectivity index (χ3v) is 3.93. The topological polar surface area (TPSA) is 58.5 Å². The van der Waals surface area contributed by atoms with Crippen molar-refractivity contribution in [2.24, 2.45) is 0 Å². The van der Waals surface area contributed by atoms with E-state index in [2.05, 4.69) is 19.7 Å². The first kappa shape index (κ1) is 23.9. The fourth-order valence-electron chi connectivity index (χ4n) is 2.22. The average Bonchev–Trinajstić information content (AvgIpc) is 3.11. The number of rotatable bonds is 7. The quantitative estimate of drug-likeness (QED) is 0.773. The molecule has 0 spiro atoms. The van der Waals surface area contributed by atoms with E-state index in [0.29, 0.717) is 12.1 Å². The van der Waals surface area contributed by atoms with E-state index in [9.17, 15) is 8.78 Å². The first-order valence-electron chi connectivity index (χ1n) is 8.67. The molecule has 1 aromatic heterocycles. The normalized spacial score (nSPS) is 14.6. The van der Waals surface area contributed by atoms with Gasteiger partial charge in [0.05, 0.1) is 11.7 Å². The Morgan fingerprint density at radius 1 is 1.32 bits per heavy atom. The van der Waals surface area contributed by atoms with Crippen LogP contribution in [0.4, 0.5) is 8.78 Å². The van der Waals surface area contributed by atoms with Crippen molar-refractivity contribution in [3.05, 3.63) is 11.8 Å². The molecule has 2 rings (SSSR count). The highest BCUT2D eigenvalue weighted by Crippen LogP contribution is 2.29. The summed E-state index contributed by atoms with van der Waals surface area (Å²) in [7, 11) is 3.02. The monoisotopic (exact) mass is 379 g/mol. The zero-order valence-corrected chi connectivity index (χ0v) is 16.7. The number of hydrogen-bond acceptors (Lipinski definition) is 6. The predicted octanol–water partition coefficient (Wildman–Crippen LogP) is 4.10. The highest BCUT2D eigenvalue weighted by atomic mass is 32.1. The van der Waals surface area contributed by atoms with E-state index >= 15 is 0 Å². The number of likely N-dealkylation sites (N-methyl/N-ethyl adjacent to an activating group) is 1. The number of unbranched alkanes of at least 4 members (excludes halogenated alkanes) is 1. The van der Waals surface area contributed by atoms with Crippen LogP contribution in [0.3, 0.4) is 0 Å². The Hall–Kier alpha value is -1.12. The third-order valence-electron chi connectivity index (χ3n) is 3.42. The zero-order chi connectivity index (χ0) is 19.3. The van der Waals surface area contributed by atoms with Crippen molar-refractivity contribution in [2.45, 2.75) is 52.4 Å². The summed E-state index contributed by atoms with van der Waals surface area (Å²) in [4.78, 5) is 2.16. The van der Waals surface area contributed by atoms with Crippen LogP contribution in [0.2, 0.25) is 0 Å². The van der Waals surface area contributed by atoms with Crippen molar-refractivity contribution in [3.63, 3.8) is 0 Å². The first-order valence-corrected chi connectivity index (χ1v) is 9.40. The number of halogens is 2. The fourth-order valence-corrected chi connectivity index (χ4v) is 2.75. The number of aromatic nitrogens is 2. The van der Waals surface area contributed by atoms with E-state index in [1.807, 2.05) is 27.8 Å². The van der Waals surface area contributed by atoms with Crippen LogP contribution in [-0.4, -0.2) is 58.5 Å². The van der Waals surface area contributed by atoms with E-state index in [1.54, 1.807) is 0 Å². The summed E-state index contributed by atoms with van der Waals surface area (Å²) in [6, 6.07) is 0. The molecule has 0 unspecified atom stereocenters. The first-order chi connectivity index (χ1) is 12.0. The van der Waals surface area contributed by atoms with E-state index in [-0.39, 0.29) is 12.3 Å². The number of ether oxygens (including phenoxy) is 1. The Labute approximate surface area is 154 Å². The highest BCUT2D eigenvalue weighted by Gasteiger charge is 2.30. The van der Waals surface area contributed by atoms with E-state index in [4.69, 9.17) is 9.84 Å². The number of nitrogens with zero attached hydrogens (tertiary/aromatic N) is 3. The number of aliphatic hydroxyl groups is 1. The number of alkyl halides is 2. The molecule has 0 radical (unpaired) electrons. The molecule has 0 saturated carbocycles. The van der Waals surface area contributed by atoms with Gasteiger partial charge >= 0.3 is 0 Å². The molecule has 0 fully saturated rings. The molecule has 0 bridgehead atoms. The van der Waals surface area contributed by atoms with Gasteiger partial charge in [-0.1, -0.05) is 33.3 Å². The fraction of sp³-hybridized carbons (Fsp3) is 0.765. The van der Waals surface area contributed by atoms with Gasteiger partial charge in [-0.05, 0) is 25.5 Å². The van der Waals surface area contributed by atoms with Crippen molar-refractivity contribution in [1.82, 2.24) is 13.6 Å². The second-order valence-corrected chi connectivity index (χ2v) is 5.95. The molecular weight excluding hydrogens is 348 g/mol. The number of hydrogen-bond donors (Lipinski definition) is 1. The summed E-state index contributed by atoms with van der Waals surface area (Å²) < 4.78 is 40.8. The molecule has 0 saturated heterocycles. The molecule has 0 aromatic carbocycles. The molecule has 1 aliphatic heterocycles. The van der Waals surface area contributed by atoms with Gasteiger partial charge in [0.2, 0.25) is 0 Å². The van der Waals surface area contributed by atoms with E-state index in [1.165, 1.54) is 0 Å². The van der Waals surface area contributed by atoms with Crippen molar-refractivity contribution < 1.29 is 18.6 Å². The van der Waals surface area contributed by atoms with Crippen LogP contribution in [0.1, 0.15) is 52.1 Å². The van der Waals surface area contributed by atoms with Crippen LogP contribution < -0.4 is 4.74 Å². The summed E-state index contributed by atoms with van der Waals surface area (Å²) in [5.41, 5.74) is 1.61. The summed E-state index contributed by atoms with van der Waals surface area (Å²) in [5, 5.41) is 7.00. The molecule has 146 valence electrons. The Morgan fingerprint density at radius 3 is 2.60 bits per heavy atom. The Balaban J connectivity index is 0.00000134. The molecule has 8 heteroatoms. The summed E-state index contributed by atoms with van der Waals surface area (Å²) in [5.74, 6) is -2.58. The number of aliphatic hydroxyl groups excluding tert-OH is 1. The molecule has 2 heterocycles. The van der Waals surface area contributed by atoms with Gasteiger partial charge in [0.25, 0.3) is 11.8 Å². The van der Waals surface area contributed by atoms with E-state index < -0.39 is 12.5 Å². The lowest BCUT2D eigenvalue weighted by Gasteiger charge is -2.22. The van der Waals surface area contributed by atoms with Crippen molar-refractivity contribution in [3.8, 4) is 5.88 Å². The third kappa shape index (κ3) is 8.69. The van der Waals surface area contributed by atoms with Gasteiger partial charge in [0.1, 0.15) is 5.69 Å². The van der Waals surface area contributed by atoms with Gasteiger partial charge < -0.3 is 14.7 Å². The van der Waals surface area contributed by atoms with E-state index in [0.717, 1.165) is 50.3 Å². The standard InChI is InChI=1S/C14H21F2N3OS.C2H6.CH4O/c1-3-4-7-14(15,16)10-20-13-12(17-21-18-13)11-6-5-8-19(2)9-11;2*1-2/h6H,3-5,7-10H2,1-2H3;1-2H3;2H,1H3. The SMILES string of the molecule is CC.CCCCC(F)(F)COc1nsnc1C1=CCCN(C)C1.CO. The molecule has 1 N–H and O–H groups in total. The Morgan fingerprint density at radius 2 is 2.00 bits per heavy atom. The van der Waals surface area contributed by atoms with Crippen LogP contribution in [-0.2, 0) is 0 Å². The van der Waals surface area contributed by atoms with Gasteiger partial charge in [0.15, 0.2) is 6.61 Å². The lowest BCUT2D eigenvalue weighted by atomic mass is 10.1. The maximum Gasteiger partial charge on any atom is 0.281 e. The minimum absolute atomic E-state index is 0.151. The highest BCUT2D eigenvalue weighted by molar-refractivity contribution is 6.99. The summed E-state index contributed by atoms with van der Waals surface area (Å²) >= 11 is 1.00. The minimum atomic E-state index is -2.81.